The van der Waals surface area contributed by atoms with Gasteiger partial charge in [-0.25, -0.2) is 13.4 Å². The Morgan fingerprint density at radius 3 is 2.87 bits per heavy atom. The molecular weight excluding hydrogens is 314 g/mol. The molecule has 1 aromatic carbocycles. The fourth-order valence-corrected chi connectivity index (χ4v) is 4.31. The van der Waals surface area contributed by atoms with E-state index in [-0.39, 0.29) is 13.2 Å². The summed E-state index contributed by atoms with van der Waals surface area (Å²) in [5.74, 6) is 0.798. The molecule has 1 saturated carbocycles. The standard InChI is InChI=1S/C16H17N3O3S/c17-13-9-15-16(18-10-13)22-7-6-19(15)23(20,21)14-3-1-2-12(8-14)11-4-5-11/h1-3,8-11H,4-7,17H2. The van der Waals surface area contributed by atoms with Crippen LogP contribution in [0.2, 0.25) is 0 Å². The topological polar surface area (TPSA) is 85.5 Å². The number of pyridine rings is 1. The minimum Gasteiger partial charge on any atom is -0.474 e. The summed E-state index contributed by atoms with van der Waals surface area (Å²) in [6, 6.07) is 8.80. The SMILES string of the molecule is Nc1cnc2c(c1)N(S(=O)(=O)c1cccc(C3CC3)c1)CCO2. The molecule has 1 fully saturated rings. The second kappa shape index (κ2) is 5.13. The number of ether oxygens (including phenoxy) is 1. The Bertz CT molecular complexity index is 863. The molecule has 0 bridgehead atoms. The van der Waals surface area contributed by atoms with Crippen LogP contribution in [0.25, 0.3) is 0 Å². The minimum absolute atomic E-state index is 0.244. The predicted octanol–water partition coefficient (Wildman–Crippen LogP) is 2.13. The van der Waals surface area contributed by atoms with Crippen LogP contribution in [0.3, 0.4) is 0 Å². The lowest BCUT2D eigenvalue weighted by molar-refractivity contribution is 0.303. The first-order valence-corrected chi connectivity index (χ1v) is 9.01. The van der Waals surface area contributed by atoms with Gasteiger partial charge in [0.1, 0.15) is 12.3 Å². The molecule has 1 aliphatic carbocycles. The van der Waals surface area contributed by atoms with Crippen LogP contribution in [0.15, 0.2) is 41.4 Å². The molecule has 0 unspecified atom stereocenters. The zero-order valence-electron chi connectivity index (χ0n) is 12.5. The molecule has 0 atom stereocenters. The van der Waals surface area contributed by atoms with E-state index in [9.17, 15) is 8.42 Å². The van der Waals surface area contributed by atoms with Gasteiger partial charge < -0.3 is 10.5 Å². The summed E-state index contributed by atoms with van der Waals surface area (Å²) in [4.78, 5) is 4.38. The van der Waals surface area contributed by atoms with Crippen molar-refractivity contribution in [2.45, 2.75) is 23.7 Å². The highest BCUT2D eigenvalue weighted by molar-refractivity contribution is 7.92. The van der Waals surface area contributed by atoms with Crippen LogP contribution in [0.5, 0.6) is 5.88 Å². The van der Waals surface area contributed by atoms with Gasteiger partial charge in [0.05, 0.1) is 23.3 Å². The number of sulfonamides is 1. The highest BCUT2D eigenvalue weighted by Gasteiger charge is 2.32. The maximum atomic E-state index is 13.1. The van der Waals surface area contributed by atoms with E-state index < -0.39 is 10.0 Å². The number of anilines is 2. The van der Waals surface area contributed by atoms with Gasteiger partial charge in [-0.3, -0.25) is 4.31 Å². The number of nitrogens with zero attached hydrogens (tertiary/aromatic N) is 2. The molecule has 120 valence electrons. The van der Waals surface area contributed by atoms with Crippen molar-refractivity contribution in [3.05, 3.63) is 42.1 Å². The maximum absolute atomic E-state index is 13.1. The van der Waals surface area contributed by atoms with Gasteiger partial charge in [-0.1, -0.05) is 12.1 Å². The Kier molecular flexibility index (Phi) is 3.19. The lowest BCUT2D eigenvalue weighted by atomic mass is 10.1. The third kappa shape index (κ3) is 2.50. The number of rotatable bonds is 3. The first kappa shape index (κ1) is 14.3. The zero-order valence-corrected chi connectivity index (χ0v) is 13.3. The van der Waals surface area contributed by atoms with Gasteiger partial charge in [0.15, 0.2) is 0 Å². The molecule has 23 heavy (non-hydrogen) atoms. The van der Waals surface area contributed by atoms with Gasteiger partial charge in [0.2, 0.25) is 5.88 Å². The van der Waals surface area contributed by atoms with Gasteiger partial charge in [0, 0.05) is 0 Å². The number of hydrogen-bond donors (Lipinski definition) is 1. The molecule has 0 saturated heterocycles. The Morgan fingerprint density at radius 1 is 1.26 bits per heavy atom. The molecule has 4 rings (SSSR count). The Labute approximate surface area is 134 Å². The Hall–Kier alpha value is -2.28. The van der Waals surface area contributed by atoms with Crippen molar-refractivity contribution in [1.82, 2.24) is 4.98 Å². The smallest absolute Gasteiger partial charge is 0.264 e. The van der Waals surface area contributed by atoms with Gasteiger partial charge in [-0.15, -0.1) is 0 Å². The van der Waals surface area contributed by atoms with E-state index in [0.29, 0.717) is 28.1 Å². The number of hydrogen-bond acceptors (Lipinski definition) is 5. The van der Waals surface area contributed by atoms with E-state index in [4.69, 9.17) is 10.5 Å². The van der Waals surface area contributed by atoms with E-state index in [2.05, 4.69) is 4.98 Å². The summed E-state index contributed by atoms with van der Waals surface area (Å²) in [5, 5.41) is 0. The number of nitrogens with two attached hydrogens (primary N) is 1. The third-order valence-corrected chi connectivity index (χ3v) is 5.96. The molecule has 0 amide bonds. The molecule has 1 aliphatic heterocycles. The quantitative estimate of drug-likeness (QED) is 0.931. The third-order valence-electron chi connectivity index (χ3n) is 4.15. The fraction of sp³-hybridized carbons (Fsp3) is 0.312. The average molecular weight is 331 g/mol. The number of fused-ring (bicyclic) bond motifs is 1. The molecule has 0 radical (unpaired) electrons. The number of benzene rings is 1. The highest BCUT2D eigenvalue weighted by Crippen LogP contribution is 2.41. The molecular formula is C16H17N3O3S. The van der Waals surface area contributed by atoms with Gasteiger partial charge in [-0.05, 0) is 42.5 Å². The number of aromatic nitrogens is 1. The first-order valence-electron chi connectivity index (χ1n) is 7.57. The second-order valence-electron chi connectivity index (χ2n) is 5.87. The van der Waals surface area contributed by atoms with Gasteiger partial charge in [0.25, 0.3) is 10.0 Å². The summed E-state index contributed by atoms with van der Waals surface area (Å²) < 4.78 is 32.9. The Balaban J connectivity index is 1.78. The van der Waals surface area contributed by atoms with Crippen LogP contribution in [0, 0.1) is 0 Å². The van der Waals surface area contributed by atoms with Crippen molar-refractivity contribution in [2.75, 3.05) is 23.2 Å². The summed E-state index contributed by atoms with van der Waals surface area (Å²) in [7, 11) is -3.66. The molecule has 7 heteroatoms. The van der Waals surface area contributed by atoms with E-state index in [1.807, 2.05) is 6.07 Å². The van der Waals surface area contributed by atoms with Gasteiger partial charge in [-0.2, -0.15) is 0 Å². The molecule has 2 aliphatic rings. The van der Waals surface area contributed by atoms with E-state index in [0.717, 1.165) is 18.4 Å². The van der Waals surface area contributed by atoms with Crippen molar-refractivity contribution in [3.63, 3.8) is 0 Å². The van der Waals surface area contributed by atoms with Crippen LogP contribution in [0.1, 0.15) is 24.3 Å². The maximum Gasteiger partial charge on any atom is 0.264 e. The minimum atomic E-state index is -3.66. The van der Waals surface area contributed by atoms with Crippen LogP contribution in [0.4, 0.5) is 11.4 Å². The normalized spacial score (nSPS) is 17.5. The van der Waals surface area contributed by atoms with Crippen molar-refractivity contribution < 1.29 is 13.2 Å². The van der Waals surface area contributed by atoms with Crippen molar-refractivity contribution in [1.29, 1.82) is 0 Å². The predicted molar refractivity (Wildman–Crippen MR) is 87.1 cm³/mol. The molecule has 2 aromatic rings. The summed E-state index contributed by atoms with van der Waals surface area (Å²) in [6.45, 7) is 0.513. The first-order chi connectivity index (χ1) is 11.1. The molecule has 2 heterocycles. The zero-order chi connectivity index (χ0) is 16.0. The van der Waals surface area contributed by atoms with Gasteiger partial charge >= 0.3 is 0 Å². The van der Waals surface area contributed by atoms with Crippen LogP contribution < -0.4 is 14.8 Å². The lowest BCUT2D eigenvalue weighted by Gasteiger charge is -2.29. The van der Waals surface area contributed by atoms with Crippen LogP contribution in [-0.2, 0) is 10.0 Å². The highest BCUT2D eigenvalue weighted by atomic mass is 32.2. The average Bonchev–Trinajstić information content (AvgIpc) is 3.39. The fourth-order valence-electron chi connectivity index (χ4n) is 2.81. The molecule has 0 spiro atoms. The molecule has 2 N–H and O–H groups in total. The summed E-state index contributed by atoms with van der Waals surface area (Å²) in [6.07, 6.45) is 3.72. The molecule has 1 aromatic heterocycles. The molecule has 6 nitrogen and oxygen atoms in total. The summed E-state index contributed by atoms with van der Waals surface area (Å²) in [5.41, 5.74) is 7.65. The number of nitrogen functional groups attached to an aromatic ring is 1. The van der Waals surface area contributed by atoms with E-state index in [1.165, 1.54) is 10.5 Å². The van der Waals surface area contributed by atoms with E-state index >= 15 is 0 Å². The largest absolute Gasteiger partial charge is 0.474 e. The van der Waals surface area contributed by atoms with E-state index in [1.54, 1.807) is 24.3 Å². The van der Waals surface area contributed by atoms with Crippen molar-refractivity contribution >= 4 is 21.4 Å². The van der Waals surface area contributed by atoms with Crippen LogP contribution in [-0.4, -0.2) is 26.6 Å². The lowest BCUT2D eigenvalue weighted by Crippen LogP contribution is -2.38. The monoisotopic (exact) mass is 331 g/mol. The van der Waals surface area contributed by atoms with Crippen LogP contribution >= 0.6 is 0 Å². The second-order valence-corrected chi connectivity index (χ2v) is 7.73. The summed E-state index contributed by atoms with van der Waals surface area (Å²) >= 11 is 0. The van der Waals surface area contributed by atoms with Crippen molar-refractivity contribution in [3.8, 4) is 5.88 Å². The van der Waals surface area contributed by atoms with Crippen molar-refractivity contribution in [2.24, 2.45) is 0 Å². The Morgan fingerprint density at radius 2 is 2.09 bits per heavy atom.